The SMILES string of the molecule is CCOC(=O)C(C)(CC(C)N(CC)CC1CCCO1)NC. The summed E-state index contributed by atoms with van der Waals surface area (Å²) in [7, 11) is 1.82. The van der Waals surface area contributed by atoms with E-state index in [1.54, 1.807) is 0 Å². The van der Waals surface area contributed by atoms with E-state index in [2.05, 4.69) is 24.1 Å². The molecule has 0 spiro atoms. The topological polar surface area (TPSA) is 50.8 Å². The quantitative estimate of drug-likeness (QED) is 0.658. The molecule has 0 saturated carbocycles. The maximum atomic E-state index is 12.2. The van der Waals surface area contributed by atoms with Crippen LogP contribution in [-0.4, -0.2) is 61.9 Å². The molecule has 0 aromatic heterocycles. The molecule has 5 nitrogen and oxygen atoms in total. The number of hydrogen-bond acceptors (Lipinski definition) is 5. The predicted octanol–water partition coefficient (Wildman–Crippen LogP) is 1.81. The molecule has 1 heterocycles. The van der Waals surface area contributed by atoms with Gasteiger partial charge in [0, 0.05) is 19.2 Å². The lowest BCUT2D eigenvalue weighted by molar-refractivity contribution is -0.151. The summed E-state index contributed by atoms with van der Waals surface area (Å²) in [5.74, 6) is -0.174. The van der Waals surface area contributed by atoms with E-state index < -0.39 is 5.54 Å². The van der Waals surface area contributed by atoms with Crippen molar-refractivity contribution in [1.29, 1.82) is 0 Å². The zero-order valence-electron chi connectivity index (χ0n) is 14.3. The first-order valence-corrected chi connectivity index (χ1v) is 8.18. The highest BCUT2D eigenvalue weighted by Crippen LogP contribution is 2.20. The minimum atomic E-state index is -0.640. The van der Waals surface area contributed by atoms with Crippen LogP contribution in [0.15, 0.2) is 0 Å². The van der Waals surface area contributed by atoms with Crippen molar-refractivity contribution in [3.8, 4) is 0 Å². The van der Waals surface area contributed by atoms with Crippen LogP contribution in [0.4, 0.5) is 0 Å². The molecular formula is C16H32N2O3. The van der Waals surface area contributed by atoms with Gasteiger partial charge in [0.1, 0.15) is 5.54 Å². The Morgan fingerprint density at radius 2 is 2.24 bits per heavy atom. The average Bonchev–Trinajstić information content (AvgIpc) is 2.97. The fraction of sp³-hybridized carbons (Fsp3) is 0.938. The van der Waals surface area contributed by atoms with E-state index in [1.807, 2.05) is 20.9 Å². The number of rotatable bonds is 9. The summed E-state index contributed by atoms with van der Waals surface area (Å²) in [6.45, 7) is 11.3. The fourth-order valence-corrected chi connectivity index (χ4v) is 2.97. The van der Waals surface area contributed by atoms with Gasteiger partial charge in [-0.1, -0.05) is 6.92 Å². The number of nitrogens with zero attached hydrogens (tertiary/aromatic N) is 1. The van der Waals surface area contributed by atoms with Crippen LogP contribution in [0.1, 0.15) is 47.0 Å². The Bertz CT molecular complexity index is 319. The summed E-state index contributed by atoms with van der Waals surface area (Å²) in [5.41, 5.74) is -0.640. The van der Waals surface area contributed by atoms with Crippen LogP contribution >= 0.6 is 0 Å². The molecule has 1 rings (SSSR count). The first-order chi connectivity index (χ1) is 9.96. The van der Waals surface area contributed by atoms with Crippen LogP contribution in [-0.2, 0) is 14.3 Å². The lowest BCUT2D eigenvalue weighted by atomic mass is 9.93. The largest absolute Gasteiger partial charge is 0.465 e. The van der Waals surface area contributed by atoms with Gasteiger partial charge in [-0.05, 0) is 53.6 Å². The summed E-state index contributed by atoms with van der Waals surface area (Å²) < 4.78 is 10.9. The molecule has 0 radical (unpaired) electrons. The van der Waals surface area contributed by atoms with E-state index in [1.165, 1.54) is 0 Å². The average molecular weight is 300 g/mol. The Kier molecular flexibility index (Phi) is 7.63. The summed E-state index contributed by atoms with van der Waals surface area (Å²) in [6, 6.07) is 0.293. The maximum Gasteiger partial charge on any atom is 0.326 e. The number of likely N-dealkylation sites (N-methyl/N-ethyl adjacent to an activating group) is 2. The smallest absolute Gasteiger partial charge is 0.326 e. The summed E-state index contributed by atoms with van der Waals surface area (Å²) >= 11 is 0. The second-order valence-corrected chi connectivity index (χ2v) is 6.08. The van der Waals surface area contributed by atoms with Crippen molar-refractivity contribution in [1.82, 2.24) is 10.2 Å². The van der Waals surface area contributed by atoms with Gasteiger partial charge in [0.15, 0.2) is 0 Å². The molecule has 0 aliphatic carbocycles. The van der Waals surface area contributed by atoms with Crippen LogP contribution in [0.2, 0.25) is 0 Å². The third-order valence-corrected chi connectivity index (χ3v) is 4.47. The fourth-order valence-electron chi connectivity index (χ4n) is 2.97. The van der Waals surface area contributed by atoms with Gasteiger partial charge in [0.05, 0.1) is 12.7 Å². The molecule has 0 aromatic carbocycles. The van der Waals surface area contributed by atoms with Gasteiger partial charge in [-0.3, -0.25) is 9.69 Å². The van der Waals surface area contributed by atoms with Gasteiger partial charge in [-0.15, -0.1) is 0 Å². The molecule has 0 aromatic rings. The molecule has 124 valence electrons. The van der Waals surface area contributed by atoms with Crippen LogP contribution in [0.25, 0.3) is 0 Å². The Hall–Kier alpha value is -0.650. The minimum Gasteiger partial charge on any atom is -0.465 e. The van der Waals surface area contributed by atoms with E-state index in [-0.39, 0.29) is 5.97 Å². The molecule has 0 amide bonds. The molecule has 0 bridgehead atoms. The lowest BCUT2D eigenvalue weighted by Gasteiger charge is -2.36. The van der Waals surface area contributed by atoms with E-state index in [0.717, 1.165) is 39.0 Å². The number of esters is 1. The van der Waals surface area contributed by atoms with Crippen molar-refractivity contribution in [2.45, 2.75) is 64.6 Å². The third kappa shape index (κ3) is 5.24. The lowest BCUT2D eigenvalue weighted by Crippen LogP contribution is -2.53. The molecule has 3 unspecified atom stereocenters. The van der Waals surface area contributed by atoms with Crippen molar-refractivity contribution in [2.24, 2.45) is 0 Å². The van der Waals surface area contributed by atoms with Crippen LogP contribution < -0.4 is 5.32 Å². The van der Waals surface area contributed by atoms with Crippen molar-refractivity contribution >= 4 is 5.97 Å². The van der Waals surface area contributed by atoms with Gasteiger partial charge in [0.25, 0.3) is 0 Å². The normalized spacial score (nSPS) is 23.0. The minimum absolute atomic E-state index is 0.174. The Morgan fingerprint density at radius 1 is 1.52 bits per heavy atom. The van der Waals surface area contributed by atoms with Crippen LogP contribution in [0.3, 0.4) is 0 Å². The highest BCUT2D eigenvalue weighted by atomic mass is 16.5. The highest BCUT2D eigenvalue weighted by molar-refractivity contribution is 5.80. The molecule has 1 aliphatic heterocycles. The van der Waals surface area contributed by atoms with Gasteiger partial charge in [-0.2, -0.15) is 0 Å². The highest BCUT2D eigenvalue weighted by Gasteiger charge is 2.36. The van der Waals surface area contributed by atoms with E-state index in [4.69, 9.17) is 9.47 Å². The van der Waals surface area contributed by atoms with E-state index >= 15 is 0 Å². The van der Waals surface area contributed by atoms with Gasteiger partial charge in [0.2, 0.25) is 0 Å². The van der Waals surface area contributed by atoms with Crippen LogP contribution in [0.5, 0.6) is 0 Å². The van der Waals surface area contributed by atoms with Gasteiger partial charge >= 0.3 is 5.97 Å². The molecule has 21 heavy (non-hydrogen) atoms. The first-order valence-electron chi connectivity index (χ1n) is 8.18. The third-order valence-electron chi connectivity index (χ3n) is 4.47. The zero-order valence-corrected chi connectivity index (χ0v) is 14.3. The summed E-state index contributed by atoms with van der Waals surface area (Å²) in [5, 5.41) is 3.13. The zero-order chi connectivity index (χ0) is 15.9. The molecule has 3 atom stereocenters. The molecule has 1 saturated heterocycles. The molecule has 5 heteroatoms. The maximum absolute atomic E-state index is 12.2. The van der Waals surface area contributed by atoms with Crippen molar-refractivity contribution < 1.29 is 14.3 Å². The summed E-state index contributed by atoms with van der Waals surface area (Å²) in [6.07, 6.45) is 3.37. The van der Waals surface area contributed by atoms with Crippen molar-refractivity contribution in [3.63, 3.8) is 0 Å². The van der Waals surface area contributed by atoms with Crippen LogP contribution in [0, 0.1) is 0 Å². The molecular weight excluding hydrogens is 268 g/mol. The number of nitrogens with one attached hydrogen (secondary N) is 1. The second-order valence-electron chi connectivity index (χ2n) is 6.08. The Balaban J connectivity index is 2.61. The first kappa shape index (κ1) is 18.4. The molecule has 1 fully saturated rings. The number of carbonyl (C=O) groups is 1. The predicted molar refractivity (Wildman–Crippen MR) is 84.4 cm³/mol. The van der Waals surface area contributed by atoms with Crippen molar-refractivity contribution in [3.05, 3.63) is 0 Å². The monoisotopic (exact) mass is 300 g/mol. The summed E-state index contributed by atoms with van der Waals surface area (Å²) in [4.78, 5) is 14.6. The number of ether oxygens (including phenoxy) is 2. The second kappa shape index (κ2) is 8.71. The van der Waals surface area contributed by atoms with Gasteiger partial charge < -0.3 is 14.8 Å². The molecule has 1 N–H and O–H groups in total. The standard InChI is InChI=1S/C16H32N2O3/c1-6-18(12-14-9-8-10-21-14)13(3)11-16(4,17-5)15(19)20-7-2/h13-14,17H,6-12H2,1-5H3. The number of carbonyl (C=O) groups excluding carboxylic acids is 1. The molecule has 1 aliphatic rings. The number of hydrogen-bond donors (Lipinski definition) is 1. The van der Waals surface area contributed by atoms with E-state index in [0.29, 0.717) is 18.8 Å². The van der Waals surface area contributed by atoms with Crippen molar-refractivity contribution in [2.75, 3.05) is 33.4 Å². The van der Waals surface area contributed by atoms with E-state index in [9.17, 15) is 4.79 Å². The van der Waals surface area contributed by atoms with Gasteiger partial charge in [-0.25, -0.2) is 0 Å². The Labute approximate surface area is 129 Å². The Morgan fingerprint density at radius 3 is 2.71 bits per heavy atom.